The van der Waals surface area contributed by atoms with Crippen LogP contribution in [0.5, 0.6) is 0 Å². The van der Waals surface area contributed by atoms with E-state index in [-0.39, 0.29) is 5.91 Å². The highest BCUT2D eigenvalue weighted by molar-refractivity contribution is 5.78. The molecule has 0 radical (unpaired) electrons. The summed E-state index contributed by atoms with van der Waals surface area (Å²) in [6, 6.07) is 10.4. The van der Waals surface area contributed by atoms with E-state index < -0.39 is 0 Å². The fraction of sp³-hybridized carbons (Fsp3) is 0.529. The molecule has 0 unspecified atom stereocenters. The first-order valence-electron chi connectivity index (χ1n) is 7.61. The van der Waals surface area contributed by atoms with Crippen molar-refractivity contribution in [2.75, 3.05) is 13.1 Å². The van der Waals surface area contributed by atoms with Crippen LogP contribution in [0.25, 0.3) is 0 Å². The maximum atomic E-state index is 12.3. The van der Waals surface area contributed by atoms with Crippen molar-refractivity contribution in [3.8, 4) is 6.07 Å². The van der Waals surface area contributed by atoms with Crippen LogP contribution >= 0.6 is 0 Å². The zero-order valence-corrected chi connectivity index (χ0v) is 12.8. The van der Waals surface area contributed by atoms with E-state index in [4.69, 9.17) is 5.26 Å². The number of benzene rings is 1. The highest BCUT2D eigenvalue weighted by Gasteiger charge is 2.22. The quantitative estimate of drug-likeness (QED) is 0.921. The molecule has 21 heavy (non-hydrogen) atoms. The van der Waals surface area contributed by atoms with E-state index in [0.717, 1.165) is 31.5 Å². The molecule has 1 amide bonds. The fourth-order valence-electron chi connectivity index (χ4n) is 2.75. The Balaban J connectivity index is 1.83. The van der Waals surface area contributed by atoms with Gasteiger partial charge in [0.15, 0.2) is 0 Å². The lowest BCUT2D eigenvalue weighted by Gasteiger charge is -2.33. The number of nitrogens with zero attached hydrogens (tertiary/aromatic N) is 2. The van der Waals surface area contributed by atoms with E-state index in [2.05, 4.69) is 25.2 Å². The van der Waals surface area contributed by atoms with E-state index in [9.17, 15) is 4.79 Å². The van der Waals surface area contributed by atoms with Gasteiger partial charge in [0.1, 0.15) is 0 Å². The van der Waals surface area contributed by atoms with Crippen molar-refractivity contribution in [2.24, 2.45) is 0 Å². The number of nitrogens with one attached hydrogen (secondary N) is 1. The van der Waals surface area contributed by atoms with E-state index in [0.29, 0.717) is 24.1 Å². The van der Waals surface area contributed by atoms with E-state index in [1.807, 2.05) is 17.0 Å². The normalized spacial score (nSPS) is 16.0. The highest BCUT2D eigenvalue weighted by Crippen LogP contribution is 2.13. The Morgan fingerprint density at radius 2 is 1.95 bits per heavy atom. The SMILES string of the molecule is CC(C)NC1CCN(C(=O)Cc2ccc(C#N)cc2)CC1. The lowest BCUT2D eigenvalue weighted by atomic mass is 10.0. The van der Waals surface area contributed by atoms with E-state index in [1.165, 1.54) is 0 Å². The van der Waals surface area contributed by atoms with Crippen LogP contribution in [0, 0.1) is 11.3 Å². The van der Waals surface area contributed by atoms with Crippen molar-refractivity contribution in [1.82, 2.24) is 10.2 Å². The molecule has 1 aromatic carbocycles. The third-order valence-electron chi connectivity index (χ3n) is 3.86. The first-order chi connectivity index (χ1) is 10.1. The third kappa shape index (κ3) is 4.57. The maximum absolute atomic E-state index is 12.3. The average molecular weight is 285 g/mol. The van der Waals surface area contributed by atoms with Crippen molar-refractivity contribution in [3.05, 3.63) is 35.4 Å². The van der Waals surface area contributed by atoms with Crippen molar-refractivity contribution >= 4 is 5.91 Å². The standard InChI is InChI=1S/C17H23N3O/c1-13(2)19-16-7-9-20(10-8-16)17(21)11-14-3-5-15(12-18)6-4-14/h3-6,13,16,19H,7-11H2,1-2H3. The average Bonchev–Trinajstić information content (AvgIpc) is 2.48. The predicted molar refractivity (Wildman–Crippen MR) is 82.7 cm³/mol. The first kappa shape index (κ1) is 15.5. The number of hydrogen-bond donors (Lipinski definition) is 1. The maximum Gasteiger partial charge on any atom is 0.226 e. The molecule has 0 bridgehead atoms. The van der Waals surface area contributed by atoms with Gasteiger partial charge >= 0.3 is 0 Å². The van der Waals surface area contributed by atoms with Gasteiger partial charge < -0.3 is 10.2 Å². The van der Waals surface area contributed by atoms with Crippen molar-refractivity contribution < 1.29 is 4.79 Å². The summed E-state index contributed by atoms with van der Waals surface area (Å²) in [5, 5.41) is 12.3. The first-order valence-corrected chi connectivity index (χ1v) is 7.61. The zero-order valence-electron chi connectivity index (χ0n) is 12.8. The molecule has 0 aliphatic carbocycles. The van der Waals surface area contributed by atoms with Crippen LogP contribution in [0.2, 0.25) is 0 Å². The van der Waals surface area contributed by atoms with Crippen molar-refractivity contribution in [1.29, 1.82) is 5.26 Å². The molecular weight excluding hydrogens is 262 g/mol. The summed E-state index contributed by atoms with van der Waals surface area (Å²) in [4.78, 5) is 14.2. The number of carbonyl (C=O) groups is 1. The van der Waals surface area contributed by atoms with Crippen molar-refractivity contribution in [3.63, 3.8) is 0 Å². The van der Waals surface area contributed by atoms with Gasteiger partial charge in [0.25, 0.3) is 0 Å². The molecule has 0 aromatic heterocycles. The molecule has 1 heterocycles. The molecule has 0 atom stereocenters. The molecule has 1 aliphatic rings. The molecule has 112 valence electrons. The minimum atomic E-state index is 0.183. The van der Waals surface area contributed by atoms with Gasteiger partial charge in [-0.2, -0.15) is 5.26 Å². The van der Waals surface area contributed by atoms with Gasteiger partial charge in [0.05, 0.1) is 18.1 Å². The predicted octanol–water partition coefficient (Wildman–Crippen LogP) is 2.09. The third-order valence-corrected chi connectivity index (χ3v) is 3.86. The summed E-state index contributed by atoms with van der Waals surface area (Å²) in [5.74, 6) is 0.183. The summed E-state index contributed by atoms with van der Waals surface area (Å²) in [6.45, 7) is 5.98. The monoisotopic (exact) mass is 285 g/mol. The van der Waals surface area contributed by atoms with Crippen LogP contribution in [0.4, 0.5) is 0 Å². The van der Waals surface area contributed by atoms with Gasteiger partial charge in [-0.05, 0) is 30.5 Å². The summed E-state index contributed by atoms with van der Waals surface area (Å²) in [5.41, 5.74) is 1.60. The number of hydrogen-bond acceptors (Lipinski definition) is 3. The molecule has 0 saturated carbocycles. The summed E-state index contributed by atoms with van der Waals surface area (Å²) in [6.07, 6.45) is 2.47. The Morgan fingerprint density at radius 1 is 1.33 bits per heavy atom. The molecule has 2 rings (SSSR count). The Bertz CT molecular complexity index is 508. The van der Waals surface area contributed by atoms with Crippen LogP contribution in [0.15, 0.2) is 24.3 Å². The molecular formula is C17H23N3O. The molecule has 1 N–H and O–H groups in total. The number of likely N-dealkylation sites (tertiary alicyclic amines) is 1. The van der Waals surface area contributed by atoms with Gasteiger partial charge in [0.2, 0.25) is 5.91 Å². The van der Waals surface area contributed by atoms with Crippen LogP contribution in [0.1, 0.15) is 37.8 Å². The molecule has 4 nitrogen and oxygen atoms in total. The van der Waals surface area contributed by atoms with Crippen LogP contribution in [-0.4, -0.2) is 36.0 Å². The van der Waals surface area contributed by atoms with Crippen molar-refractivity contribution in [2.45, 2.75) is 45.2 Å². The van der Waals surface area contributed by atoms with Crippen LogP contribution in [0.3, 0.4) is 0 Å². The lowest BCUT2D eigenvalue weighted by molar-refractivity contribution is -0.131. The number of carbonyl (C=O) groups excluding carboxylic acids is 1. The highest BCUT2D eigenvalue weighted by atomic mass is 16.2. The second-order valence-electron chi connectivity index (χ2n) is 5.96. The lowest BCUT2D eigenvalue weighted by Crippen LogP contribution is -2.47. The Morgan fingerprint density at radius 3 is 2.48 bits per heavy atom. The molecule has 1 saturated heterocycles. The minimum absolute atomic E-state index is 0.183. The molecule has 4 heteroatoms. The van der Waals surface area contributed by atoms with Crippen LogP contribution in [-0.2, 0) is 11.2 Å². The molecule has 1 fully saturated rings. The van der Waals surface area contributed by atoms with Gasteiger partial charge in [-0.3, -0.25) is 4.79 Å². The van der Waals surface area contributed by atoms with Crippen LogP contribution < -0.4 is 5.32 Å². The Kier molecular flexibility index (Phi) is 5.35. The Labute approximate surface area is 126 Å². The number of nitriles is 1. The topological polar surface area (TPSA) is 56.1 Å². The summed E-state index contributed by atoms with van der Waals surface area (Å²) < 4.78 is 0. The zero-order chi connectivity index (χ0) is 15.2. The number of amides is 1. The van der Waals surface area contributed by atoms with Gasteiger partial charge in [-0.1, -0.05) is 26.0 Å². The molecule has 1 aromatic rings. The fourth-order valence-corrected chi connectivity index (χ4v) is 2.75. The number of rotatable bonds is 4. The van der Waals surface area contributed by atoms with Gasteiger partial charge in [-0.15, -0.1) is 0 Å². The smallest absolute Gasteiger partial charge is 0.226 e. The molecule has 1 aliphatic heterocycles. The minimum Gasteiger partial charge on any atom is -0.342 e. The second kappa shape index (κ2) is 7.24. The summed E-state index contributed by atoms with van der Waals surface area (Å²) >= 11 is 0. The van der Waals surface area contributed by atoms with Gasteiger partial charge in [0, 0.05) is 25.2 Å². The summed E-state index contributed by atoms with van der Waals surface area (Å²) in [7, 11) is 0. The van der Waals surface area contributed by atoms with E-state index in [1.54, 1.807) is 12.1 Å². The largest absolute Gasteiger partial charge is 0.342 e. The Hall–Kier alpha value is -1.86. The molecule has 0 spiro atoms. The van der Waals surface area contributed by atoms with Gasteiger partial charge in [-0.25, -0.2) is 0 Å². The van der Waals surface area contributed by atoms with E-state index >= 15 is 0 Å². The second-order valence-corrected chi connectivity index (χ2v) is 5.96. The number of piperidine rings is 1.